The van der Waals surface area contributed by atoms with E-state index in [0.717, 1.165) is 5.56 Å². The van der Waals surface area contributed by atoms with E-state index < -0.39 is 18.3 Å². The lowest BCUT2D eigenvalue weighted by atomic mass is 10.1. The quantitative estimate of drug-likeness (QED) is 0.823. The van der Waals surface area contributed by atoms with E-state index in [9.17, 15) is 18.3 Å². The minimum absolute atomic E-state index is 0.121. The third-order valence-electron chi connectivity index (χ3n) is 3.50. The summed E-state index contributed by atoms with van der Waals surface area (Å²) >= 11 is 0. The summed E-state index contributed by atoms with van der Waals surface area (Å²) in [5.74, 6) is 0. The summed E-state index contributed by atoms with van der Waals surface area (Å²) in [6.45, 7) is -0.121. The standard InChI is InChI=1S/C17H19F3N2O/c18-17(19,20)16(11-14-6-8-21-9-7-14)22-12-15(23)10-13-4-2-1-3-5-13/h1-9,15-16,22-23H,10-12H2. The second-order valence-electron chi connectivity index (χ2n) is 5.41. The van der Waals surface area contributed by atoms with Crippen LogP contribution in [0.25, 0.3) is 0 Å². The maximum atomic E-state index is 13.1. The largest absolute Gasteiger partial charge is 0.404 e. The van der Waals surface area contributed by atoms with E-state index in [0.29, 0.717) is 12.0 Å². The summed E-state index contributed by atoms with van der Waals surface area (Å²) in [5, 5.41) is 12.4. The summed E-state index contributed by atoms with van der Waals surface area (Å²) in [5.41, 5.74) is 1.44. The number of rotatable bonds is 7. The van der Waals surface area contributed by atoms with Crippen LogP contribution in [0, 0.1) is 0 Å². The number of aromatic nitrogens is 1. The summed E-state index contributed by atoms with van der Waals surface area (Å²) in [6, 6.07) is 10.6. The number of halogens is 3. The molecule has 0 fully saturated rings. The van der Waals surface area contributed by atoms with Crippen LogP contribution < -0.4 is 5.32 Å². The van der Waals surface area contributed by atoms with E-state index in [1.165, 1.54) is 12.4 Å². The Morgan fingerprint density at radius 2 is 1.57 bits per heavy atom. The fraction of sp³-hybridized carbons (Fsp3) is 0.353. The summed E-state index contributed by atoms with van der Waals surface area (Å²) in [6.07, 6.45) is -2.20. The molecule has 124 valence electrons. The average molecular weight is 324 g/mol. The van der Waals surface area contributed by atoms with Gasteiger partial charge in [-0.2, -0.15) is 13.2 Å². The number of hydrogen-bond donors (Lipinski definition) is 2. The fourth-order valence-corrected chi connectivity index (χ4v) is 2.29. The number of benzene rings is 1. The molecule has 0 aliphatic heterocycles. The third kappa shape index (κ3) is 6.00. The molecule has 0 amide bonds. The van der Waals surface area contributed by atoms with Crippen molar-refractivity contribution in [3.8, 4) is 0 Å². The van der Waals surface area contributed by atoms with Crippen LogP contribution in [-0.2, 0) is 12.8 Å². The zero-order valence-corrected chi connectivity index (χ0v) is 12.5. The third-order valence-corrected chi connectivity index (χ3v) is 3.50. The summed E-state index contributed by atoms with van der Waals surface area (Å²) in [7, 11) is 0. The number of pyridine rings is 1. The van der Waals surface area contributed by atoms with Crippen molar-refractivity contribution in [2.75, 3.05) is 6.54 Å². The van der Waals surface area contributed by atoms with Crippen molar-refractivity contribution in [2.45, 2.75) is 31.2 Å². The molecule has 1 aromatic heterocycles. The van der Waals surface area contributed by atoms with Gasteiger partial charge in [-0.25, -0.2) is 0 Å². The van der Waals surface area contributed by atoms with Crippen molar-refractivity contribution >= 4 is 0 Å². The number of alkyl halides is 3. The van der Waals surface area contributed by atoms with E-state index in [2.05, 4.69) is 10.3 Å². The zero-order valence-electron chi connectivity index (χ0n) is 12.5. The molecule has 0 saturated heterocycles. The van der Waals surface area contributed by atoms with Gasteiger partial charge in [0, 0.05) is 18.9 Å². The van der Waals surface area contributed by atoms with Crippen LogP contribution in [0.1, 0.15) is 11.1 Å². The zero-order chi connectivity index (χ0) is 16.7. The molecular formula is C17H19F3N2O. The Morgan fingerprint density at radius 1 is 0.957 bits per heavy atom. The first-order valence-corrected chi connectivity index (χ1v) is 7.36. The van der Waals surface area contributed by atoms with Crippen molar-refractivity contribution < 1.29 is 18.3 Å². The first kappa shape index (κ1) is 17.4. The second kappa shape index (κ2) is 8.08. The lowest BCUT2D eigenvalue weighted by Crippen LogP contribution is -2.47. The first-order valence-electron chi connectivity index (χ1n) is 7.36. The van der Waals surface area contributed by atoms with Crippen LogP contribution in [0.5, 0.6) is 0 Å². The van der Waals surface area contributed by atoms with Gasteiger partial charge in [-0.15, -0.1) is 0 Å². The molecule has 0 aliphatic carbocycles. The Balaban J connectivity index is 1.90. The highest BCUT2D eigenvalue weighted by Crippen LogP contribution is 2.23. The maximum Gasteiger partial charge on any atom is 0.404 e. The van der Waals surface area contributed by atoms with E-state index >= 15 is 0 Å². The van der Waals surface area contributed by atoms with Crippen molar-refractivity contribution in [1.29, 1.82) is 0 Å². The second-order valence-corrected chi connectivity index (χ2v) is 5.41. The molecule has 2 atom stereocenters. The molecule has 2 unspecified atom stereocenters. The van der Waals surface area contributed by atoms with E-state index in [-0.39, 0.29) is 13.0 Å². The Bertz CT molecular complexity index is 575. The Morgan fingerprint density at radius 3 is 2.17 bits per heavy atom. The number of aliphatic hydroxyl groups is 1. The predicted octanol–water partition coefficient (Wildman–Crippen LogP) is 2.75. The van der Waals surface area contributed by atoms with E-state index in [4.69, 9.17) is 0 Å². The van der Waals surface area contributed by atoms with Crippen molar-refractivity contribution in [1.82, 2.24) is 10.3 Å². The lowest BCUT2D eigenvalue weighted by molar-refractivity contribution is -0.156. The molecular weight excluding hydrogens is 305 g/mol. The minimum atomic E-state index is -4.38. The van der Waals surface area contributed by atoms with Gasteiger partial charge in [0.25, 0.3) is 0 Å². The highest BCUT2D eigenvalue weighted by Gasteiger charge is 2.39. The Labute approximate surface area is 133 Å². The van der Waals surface area contributed by atoms with Gasteiger partial charge in [-0.1, -0.05) is 30.3 Å². The first-order chi connectivity index (χ1) is 10.9. The molecule has 1 aromatic carbocycles. The number of aliphatic hydroxyl groups excluding tert-OH is 1. The van der Waals surface area contributed by atoms with Gasteiger partial charge in [-0.3, -0.25) is 4.98 Å². The molecule has 1 heterocycles. The molecule has 2 rings (SSSR count). The lowest BCUT2D eigenvalue weighted by Gasteiger charge is -2.23. The SMILES string of the molecule is OC(CNC(Cc1ccncc1)C(F)(F)F)Cc1ccccc1. The predicted molar refractivity (Wildman–Crippen MR) is 81.9 cm³/mol. The number of hydrogen-bond acceptors (Lipinski definition) is 3. The smallest absolute Gasteiger partial charge is 0.391 e. The van der Waals surface area contributed by atoms with Crippen molar-refractivity contribution in [2.24, 2.45) is 0 Å². The number of nitrogens with zero attached hydrogens (tertiary/aromatic N) is 1. The van der Waals surface area contributed by atoms with Crippen molar-refractivity contribution in [3.63, 3.8) is 0 Å². The van der Waals surface area contributed by atoms with Crippen LogP contribution in [0.3, 0.4) is 0 Å². The van der Waals surface area contributed by atoms with Gasteiger partial charge in [-0.05, 0) is 36.1 Å². The van der Waals surface area contributed by atoms with Gasteiger partial charge >= 0.3 is 6.18 Å². The molecule has 23 heavy (non-hydrogen) atoms. The number of nitrogens with one attached hydrogen (secondary N) is 1. The van der Waals surface area contributed by atoms with Gasteiger partial charge in [0.2, 0.25) is 0 Å². The van der Waals surface area contributed by atoms with E-state index in [1.54, 1.807) is 12.1 Å². The van der Waals surface area contributed by atoms with Crippen LogP contribution >= 0.6 is 0 Å². The van der Waals surface area contributed by atoms with Gasteiger partial charge in [0.15, 0.2) is 0 Å². The molecule has 0 aliphatic rings. The molecule has 0 bridgehead atoms. The highest BCUT2D eigenvalue weighted by molar-refractivity contribution is 5.15. The molecule has 0 saturated carbocycles. The van der Waals surface area contributed by atoms with Crippen LogP contribution in [0.4, 0.5) is 13.2 Å². The minimum Gasteiger partial charge on any atom is -0.391 e. The van der Waals surface area contributed by atoms with Gasteiger partial charge in [0.05, 0.1) is 6.10 Å². The van der Waals surface area contributed by atoms with Gasteiger partial charge in [0.1, 0.15) is 6.04 Å². The summed E-state index contributed by atoms with van der Waals surface area (Å²) < 4.78 is 39.4. The maximum absolute atomic E-state index is 13.1. The molecule has 2 aromatic rings. The highest BCUT2D eigenvalue weighted by atomic mass is 19.4. The summed E-state index contributed by atoms with van der Waals surface area (Å²) in [4.78, 5) is 3.79. The molecule has 0 spiro atoms. The molecule has 6 heteroatoms. The van der Waals surface area contributed by atoms with Crippen LogP contribution in [0.15, 0.2) is 54.9 Å². The van der Waals surface area contributed by atoms with Gasteiger partial charge < -0.3 is 10.4 Å². The Kier molecular flexibility index (Phi) is 6.12. The van der Waals surface area contributed by atoms with Crippen molar-refractivity contribution in [3.05, 3.63) is 66.0 Å². The molecule has 3 nitrogen and oxygen atoms in total. The van der Waals surface area contributed by atoms with Crippen LogP contribution in [0.2, 0.25) is 0 Å². The topological polar surface area (TPSA) is 45.1 Å². The molecule has 2 N–H and O–H groups in total. The molecule has 0 radical (unpaired) electrons. The van der Waals surface area contributed by atoms with Crippen LogP contribution in [-0.4, -0.2) is 35.0 Å². The van der Waals surface area contributed by atoms with E-state index in [1.807, 2.05) is 30.3 Å². The Hall–Kier alpha value is -1.92. The fourth-order valence-electron chi connectivity index (χ4n) is 2.29. The normalized spacial score (nSPS) is 14.4. The monoisotopic (exact) mass is 324 g/mol. The average Bonchev–Trinajstić information content (AvgIpc) is 2.52.